The number of carbonyl (C=O) groups is 1. The van der Waals surface area contributed by atoms with Crippen LogP contribution in [-0.4, -0.2) is 48.2 Å². The second kappa shape index (κ2) is 10.5. The number of nitrogens with zero attached hydrogens (tertiary/aromatic N) is 1. The Bertz CT molecular complexity index is 604. The van der Waals surface area contributed by atoms with Crippen LogP contribution in [0.25, 0.3) is 0 Å². The van der Waals surface area contributed by atoms with Crippen molar-refractivity contribution < 1.29 is 27.4 Å². The predicted octanol–water partition coefficient (Wildman–Crippen LogP) is 0.297. The minimum Gasteiger partial charge on any atom is -0.394 e. The highest BCUT2D eigenvalue weighted by Gasteiger charge is 2.05. The molecule has 130 valence electrons. The molecule has 0 bridgehead atoms. The summed E-state index contributed by atoms with van der Waals surface area (Å²) in [6, 6.07) is 5.44. The summed E-state index contributed by atoms with van der Waals surface area (Å²) < 4.78 is 31.6. The number of anilines is 1. The summed E-state index contributed by atoms with van der Waals surface area (Å²) in [5.41, 5.74) is 5.35. The van der Waals surface area contributed by atoms with Crippen LogP contribution in [0.2, 0.25) is 0 Å². The number of benzene rings is 1. The minimum atomic E-state index is -4.67. The lowest BCUT2D eigenvalue weighted by Gasteiger charge is -2.10. The Hall–Kier alpha value is -2.21. The lowest BCUT2D eigenvalue weighted by Crippen LogP contribution is -2.29. The molecule has 0 fully saturated rings. The van der Waals surface area contributed by atoms with Gasteiger partial charge < -0.3 is 15.8 Å². The molecule has 11 heteroatoms. The van der Waals surface area contributed by atoms with Gasteiger partial charge in [-0.25, -0.2) is 4.79 Å². The molecule has 0 aromatic heterocycles. The first kappa shape index (κ1) is 20.8. The number of rotatable bonds is 5. The van der Waals surface area contributed by atoms with Crippen molar-refractivity contribution in [3.63, 3.8) is 0 Å². The normalized spacial score (nSPS) is 10.7. The molecule has 0 atom stereocenters. The molecule has 0 unspecified atom stereocenters. The second-order valence-electron chi connectivity index (χ2n) is 4.20. The standard InChI is InChI=1S/C12H18N4O2.H2O4S/c1-9-4-3-5-10(2)11(9)16-12(18)13-8-15-14-6-7-17;1-5(2,3)4/h3-5,8,14,17H,6-7H2,1-2H3,(H2,13,15,16,18);(H2,1,2,3,4). The molecule has 1 rings (SSSR count). The van der Waals surface area contributed by atoms with E-state index in [-0.39, 0.29) is 12.6 Å². The minimum absolute atomic E-state index is 0.00799. The van der Waals surface area contributed by atoms with Crippen molar-refractivity contribution in [2.45, 2.75) is 13.8 Å². The van der Waals surface area contributed by atoms with Gasteiger partial charge in [0.1, 0.15) is 6.34 Å². The summed E-state index contributed by atoms with van der Waals surface area (Å²) in [6.45, 7) is 4.20. The van der Waals surface area contributed by atoms with Crippen molar-refractivity contribution in [1.82, 2.24) is 10.7 Å². The number of nitrogens with one attached hydrogen (secondary N) is 3. The highest BCUT2D eigenvalue weighted by molar-refractivity contribution is 7.79. The molecule has 0 spiro atoms. The number of aryl methyl sites for hydroxylation is 2. The lowest BCUT2D eigenvalue weighted by atomic mass is 10.1. The number of para-hydroxylation sites is 1. The van der Waals surface area contributed by atoms with E-state index in [0.29, 0.717) is 6.54 Å². The zero-order chi connectivity index (χ0) is 17.9. The maximum absolute atomic E-state index is 11.6. The fraction of sp³-hybridized carbons (Fsp3) is 0.333. The molecule has 0 aliphatic carbocycles. The molecule has 2 amide bonds. The first-order valence-corrected chi connectivity index (χ1v) is 7.73. The predicted molar refractivity (Wildman–Crippen MR) is 85.8 cm³/mol. The molecule has 1 aromatic carbocycles. The van der Waals surface area contributed by atoms with Crippen molar-refractivity contribution in [2.75, 3.05) is 18.5 Å². The molecule has 6 N–H and O–H groups in total. The van der Waals surface area contributed by atoms with E-state index < -0.39 is 10.4 Å². The molecular weight excluding hydrogens is 328 g/mol. The largest absolute Gasteiger partial charge is 0.394 e. The monoisotopic (exact) mass is 348 g/mol. The van der Waals surface area contributed by atoms with Crippen molar-refractivity contribution in [1.29, 1.82) is 0 Å². The van der Waals surface area contributed by atoms with Crippen molar-refractivity contribution in [3.8, 4) is 0 Å². The van der Waals surface area contributed by atoms with Gasteiger partial charge in [0.15, 0.2) is 0 Å². The number of aliphatic hydroxyl groups is 1. The number of amides is 2. The van der Waals surface area contributed by atoms with Gasteiger partial charge in [-0.1, -0.05) is 18.2 Å². The Labute approximate surface area is 134 Å². The summed E-state index contributed by atoms with van der Waals surface area (Å²) in [6.07, 6.45) is 1.23. The Morgan fingerprint density at radius 1 is 1.26 bits per heavy atom. The zero-order valence-corrected chi connectivity index (χ0v) is 13.5. The molecule has 0 heterocycles. The molecule has 1 aromatic rings. The van der Waals surface area contributed by atoms with E-state index in [1.807, 2.05) is 32.0 Å². The topological polar surface area (TPSA) is 160 Å². The Morgan fingerprint density at radius 3 is 2.26 bits per heavy atom. The van der Waals surface area contributed by atoms with E-state index >= 15 is 0 Å². The Morgan fingerprint density at radius 2 is 1.78 bits per heavy atom. The second-order valence-corrected chi connectivity index (χ2v) is 5.10. The van der Waals surface area contributed by atoms with E-state index in [4.69, 9.17) is 22.6 Å². The third kappa shape index (κ3) is 12.1. The smallest absolute Gasteiger partial charge is 0.394 e. The molecule has 0 aliphatic heterocycles. The Balaban J connectivity index is 0.000000841. The van der Waals surface area contributed by atoms with Gasteiger partial charge in [0.25, 0.3) is 0 Å². The number of hydrogen-bond acceptors (Lipinski definition) is 6. The van der Waals surface area contributed by atoms with Crippen LogP contribution in [0.5, 0.6) is 0 Å². The van der Waals surface area contributed by atoms with E-state index in [2.05, 4.69) is 21.2 Å². The van der Waals surface area contributed by atoms with Crippen LogP contribution in [0.15, 0.2) is 23.3 Å². The lowest BCUT2D eigenvalue weighted by molar-refractivity contribution is 0.256. The fourth-order valence-electron chi connectivity index (χ4n) is 1.41. The average molecular weight is 348 g/mol. The van der Waals surface area contributed by atoms with Gasteiger partial charge in [0, 0.05) is 5.69 Å². The summed E-state index contributed by atoms with van der Waals surface area (Å²) in [4.78, 5) is 11.6. The van der Waals surface area contributed by atoms with Crippen molar-refractivity contribution in [3.05, 3.63) is 29.3 Å². The first-order chi connectivity index (χ1) is 10.6. The van der Waals surface area contributed by atoms with Crippen LogP contribution >= 0.6 is 0 Å². The van der Waals surface area contributed by atoms with Gasteiger partial charge >= 0.3 is 16.4 Å². The van der Waals surface area contributed by atoms with Crippen LogP contribution in [0.1, 0.15) is 11.1 Å². The molecular formula is C12H20N4O6S. The summed E-state index contributed by atoms with van der Waals surface area (Å²) in [5, 5.41) is 17.4. The first-order valence-electron chi connectivity index (χ1n) is 6.34. The van der Waals surface area contributed by atoms with E-state index in [1.165, 1.54) is 6.34 Å². The van der Waals surface area contributed by atoms with Crippen LogP contribution in [-0.2, 0) is 10.4 Å². The quantitative estimate of drug-likeness (QED) is 0.147. The van der Waals surface area contributed by atoms with Gasteiger partial charge in [0.2, 0.25) is 0 Å². The third-order valence-corrected chi connectivity index (χ3v) is 2.29. The maximum atomic E-state index is 11.6. The van der Waals surface area contributed by atoms with Crippen molar-refractivity contribution >= 4 is 28.5 Å². The van der Waals surface area contributed by atoms with Crippen LogP contribution in [0.3, 0.4) is 0 Å². The number of urea groups is 1. The molecule has 0 aliphatic rings. The van der Waals surface area contributed by atoms with Gasteiger partial charge in [-0.2, -0.15) is 13.5 Å². The molecule has 0 saturated heterocycles. The maximum Gasteiger partial charge on any atom is 0.394 e. The third-order valence-electron chi connectivity index (χ3n) is 2.29. The highest BCUT2D eigenvalue weighted by Crippen LogP contribution is 2.18. The van der Waals surface area contributed by atoms with Crippen molar-refractivity contribution in [2.24, 2.45) is 5.10 Å². The molecule has 0 saturated carbocycles. The SMILES string of the molecule is Cc1cccc(C)c1NC(=O)NC=NNCCO.O=S(=O)(O)O. The summed E-state index contributed by atoms with van der Waals surface area (Å²) in [7, 11) is -4.67. The molecule has 0 radical (unpaired) electrons. The number of aliphatic hydroxyl groups excluding tert-OH is 1. The van der Waals surface area contributed by atoms with Crippen LogP contribution < -0.4 is 16.1 Å². The highest BCUT2D eigenvalue weighted by atomic mass is 32.3. The van der Waals surface area contributed by atoms with Crippen LogP contribution in [0, 0.1) is 13.8 Å². The average Bonchev–Trinajstić information content (AvgIpc) is 2.41. The van der Waals surface area contributed by atoms with E-state index in [9.17, 15) is 4.79 Å². The van der Waals surface area contributed by atoms with Gasteiger partial charge in [-0.15, -0.1) is 0 Å². The number of hydrogen-bond donors (Lipinski definition) is 6. The van der Waals surface area contributed by atoms with Crippen LogP contribution in [0.4, 0.5) is 10.5 Å². The number of hydrazone groups is 1. The summed E-state index contributed by atoms with van der Waals surface area (Å²) in [5.74, 6) is 0. The van der Waals surface area contributed by atoms with Gasteiger partial charge in [-0.05, 0) is 25.0 Å². The zero-order valence-electron chi connectivity index (χ0n) is 12.6. The summed E-state index contributed by atoms with van der Waals surface area (Å²) >= 11 is 0. The van der Waals surface area contributed by atoms with E-state index in [1.54, 1.807) is 0 Å². The molecule has 23 heavy (non-hydrogen) atoms. The van der Waals surface area contributed by atoms with Gasteiger partial charge in [-0.3, -0.25) is 14.4 Å². The van der Waals surface area contributed by atoms with Gasteiger partial charge in [0.05, 0.1) is 13.2 Å². The van der Waals surface area contributed by atoms with E-state index in [0.717, 1.165) is 16.8 Å². The fourth-order valence-corrected chi connectivity index (χ4v) is 1.41. The Kier molecular flexibility index (Phi) is 9.50. The molecule has 10 nitrogen and oxygen atoms in total. The number of carbonyl (C=O) groups excluding carboxylic acids is 1.